The van der Waals surface area contributed by atoms with Gasteiger partial charge in [0.1, 0.15) is 5.82 Å². The summed E-state index contributed by atoms with van der Waals surface area (Å²) in [6.07, 6.45) is 0. The van der Waals surface area contributed by atoms with Crippen LogP contribution in [0.15, 0.2) is 22.7 Å². The molecule has 4 amide bonds. The van der Waals surface area contributed by atoms with Gasteiger partial charge in [-0.2, -0.15) is 0 Å². The van der Waals surface area contributed by atoms with Gasteiger partial charge in [0.25, 0.3) is 0 Å². The fourth-order valence-corrected chi connectivity index (χ4v) is 1.51. The number of nitrogens with one attached hydrogen (secondary N) is 1. The van der Waals surface area contributed by atoms with Gasteiger partial charge in [-0.3, -0.25) is 14.9 Å². The topological polar surface area (TPSA) is 66.5 Å². The Balaban J connectivity index is 2.45. The third-order valence-electron chi connectivity index (χ3n) is 1.98. The van der Waals surface area contributed by atoms with Crippen LogP contribution in [0.2, 0.25) is 0 Å². The van der Waals surface area contributed by atoms with Gasteiger partial charge in [0.15, 0.2) is 0 Å². The van der Waals surface area contributed by atoms with Gasteiger partial charge in [0, 0.05) is 0 Å². The summed E-state index contributed by atoms with van der Waals surface area (Å²) in [6.45, 7) is 0. The van der Waals surface area contributed by atoms with Crippen molar-refractivity contribution in [1.29, 1.82) is 0 Å². The normalized spacial score (nSPS) is 15.6. The van der Waals surface area contributed by atoms with Crippen LogP contribution < -0.4 is 10.2 Å². The van der Waals surface area contributed by atoms with Crippen LogP contribution in [0, 0.1) is 5.82 Å². The van der Waals surface area contributed by atoms with E-state index in [0.717, 1.165) is 6.07 Å². The number of carbonyl (C=O) groups is 3. The molecular weight excluding hydrogens is 283 g/mol. The van der Waals surface area contributed by atoms with Gasteiger partial charge in [0.05, 0.1) is 10.2 Å². The van der Waals surface area contributed by atoms with Gasteiger partial charge < -0.3 is 0 Å². The van der Waals surface area contributed by atoms with Crippen LogP contribution in [-0.2, 0) is 9.59 Å². The summed E-state index contributed by atoms with van der Waals surface area (Å²) in [4.78, 5) is 34.0. The van der Waals surface area contributed by atoms with Crippen molar-refractivity contribution in [2.75, 3.05) is 4.90 Å². The monoisotopic (exact) mass is 286 g/mol. The zero-order valence-corrected chi connectivity index (χ0v) is 9.25. The van der Waals surface area contributed by atoms with E-state index in [1.54, 1.807) is 0 Å². The predicted molar refractivity (Wildman–Crippen MR) is 55.1 cm³/mol. The zero-order valence-electron chi connectivity index (χ0n) is 7.66. The largest absolute Gasteiger partial charge is 0.336 e. The van der Waals surface area contributed by atoms with E-state index in [2.05, 4.69) is 15.9 Å². The Labute approximate surface area is 97.3 Å². The van der Waals surface area contributed by atoms with Crippen molar-refractivity contribution in [1.82, 2.24) is 5.32 Å². The number of halogens is 2. The van der Waals surface area contributed by atoms with E-state index in [9.17, 15) is 18.8 Å². The summed E-state index contributed by atoms with van der Waals surface area (Å²) in [5, 5.41) is 1.81. The lowest BCUT2D eigenvalue weighted by molar-refractivity contribution is -0.134. The molecule has 0 aliphatic carbocycles. The van der Waals surface area contributed by atoms with E-state index in [4.69, 9.17) is 0 Å². The number of hydrogen-bond donors (Lipinski definition) is 1. The number of urea groups is 1. The van der Waals surface area contributed by atoms with E-state index in [1.165, 1.54) is 12.1 Å². The number of anilines is 1. The minimum Gasteiger partial charge on any atom is -0.269 e. The number of benzene rings is 1. The third-order valence-corrected chi connectivity index (χ3v) is 2.63. The number of imide groups is 2. The molecule has 0 atom stereocenters. The highest BCUT2D eigenvalue weighted by Crippen LogP contribution is 2.23. The van der Waals surface area contributed by atoms with Crippen molar-refractivity contribution in [3.05, 3.63) is 28.5 Å². The lowest BCUT2D eigenvalue weighted by Gasteiger charge is -2.11. The maximum Gasteiger partial charge on any atom is 0.336 e. The molecule has 1 aromatic rings. The summed E-state index contributed by atoms with van der Waals surface area (Å²) < 4.78 is 13.4. The number of hydrogen-bond acceptors (Lipinski definition) is 3. The molecular formula is C9H4BrFN2O3. The maximum atomic E-state index is 13.2. The molecule has 1 aliphatic rings. The average molecular weight is 287 g/mol. The summed E-state index contributed by atoms with van der Waals surface area (Å²) >= 11 is 2.93. The second kappa shape index (κ2) is 3.67. The quantitative estimate of drug-likeness (QED) is 0.623. The molecule has 0 spiro atoms. The molecule has 0 unspecified atom stereocenters. The van der Waals surface area contributed by atoms with E-state index in [0.29, 0.717) is 4.90 Å². The van der Waals surface area contributed by atoms with Gasteiger partial charge >= 0.3 is 17.8 Å². The molecule has 16 heavy (non-hydrogen) atoms. The molecule has 1 aliphatic heterocycles. The van der Waals surface area contributed by atoms with Gasteiger partial charge in [-0.05, 0) is 34.1 Å². The Morgan fingerprint density at radius 2 is 1.94 bits per heavy atom. The minimum absolute atomic E-state index is 0.00838. The van der Waals surface area contributed by atoms with Crippen molar-refractivity contribution < 1.29 is 18.8 Å². The highest BCUT2D eigenvalue weighted by molar-refractivity contribution is 9.10. The molecule has 82 valence electrons. The number of nitrogens with zero attached hydrogens (tertiary/aromatic N) is 1. The lowest BCUT2D eigenvalue weighted by Crippen LogP contribution is -2.30. The molecule has 1 N–H and O–H groups in total. The number of amides is 4. The molecule has 0 aromatic heterocycles. The standard InChI is InChI=1S/C9H4BrFN2O3/c10-5-2-1-4(3-6(5)11)13-8(15)7(14)12-9(13)16/h1-3H,(H,12,14,16). The molecule has 0 saturated carbocycles. The molecule has 1 heterocycles. The Kier molecular flexibility index (Phi) is 2.47. The first-order valence-corrected chi connectivity index (χ1v) is 4.94. The van der Waals surface area contributed by atoms with E-state index >= 15 is 0 Å². The first-order chi connectivity index (χ1) is 7.50. The fraction of sp³-hybridized carbons (Fsp3) is 0. The molecule has 5 nitrogen and oxygen atoms in total. The van der Waals surface area contributed by atoms with Crippen molar-refractivity contribution in [3.63, 3.8) is 0 Å². The van der Waals surface area contributed by atoms with E-state index < -0.39 is 23.7 Å². The van der Waals surface area contributed by atoms with Crippen molar-refractivity contribution in [2.24, 2.45) is 0 Å². The number of rotatable bonds is 1. The first kappa shape index (κ1) is 10.7. The van der Waals surface area contributed by atoms with Crippen molar-refractivity contribution in [2.45, 2.75) is 0 Å². The second-order valence-electron chi connectivity index (χ2n) is 3.00. The minimum atomic E-state index is -1.02. The van der Waals surface area contributed by atoms with Crippen molar-refractivity contribution in [3.8, 4) is 0 Å². The summed E-state index contributed by atoms with van der Waals surface area (Å²) in [5.74, 6) is -2.67. The maximum absolute atomic E-state index is 13.2. The van der Waals surface area contributed by atoms with E-state index in [-0.39, 0.29) is 10.2 Å². The molecule has 1 saturated heterocycles. The van der Waals surface area contributed by atoms with Crippen LogP contribution in [0.4, 0.5) is 14.9 Å². The third kappa shape index (κ3) is 1.58. The Bertz CT molecular complexity index is 517. The van der Waals surface area contributed by atoms with Crippen LogP contribution in [-0.4, -0.2) is 17.8 Å². The zero-order chi connectivity index (χ0) is 11.9. The van der Waals surface area contributed by atoms with Gasteiger partial charge in [-0.15, -0.1) is 0 Å². The Morgan fingerprint density at radius 1 is 1.25 bits per heavy atom. The highest BCUT2D eigenvalue weighted by Gasteiger charge is 2.38. The first-order valence-electron chi connectivity index (χ1n) is 4.15. The molecule has 1 aromatic carbocycles. The van der Waals surface area contributed by atoms with Crippen LogP contribution in [0.3, 0.4) is 0 Å². The molecule has 0 radical (unpaired) electrons. The molecule has 0 bridgehead atoms. The SMILES string of the molecule is O=C1NC(=O)N(c2ccc(Br)c(F)c2)C1=O. The van der Waals surface area contributed by atoms with Gasteiger partial charge in [-0.25, -0.2) is 14.1 Å². The molecule has 7 heteroatoms. The summed E-state index contributed by atoms with van der Waals surface area (Å²) in [7, 11) is 0. The van der Waals surface area contributed by atoms with Crippen LogP contribution in [0.5, 0.6) is 0 Å². The van der Waals surface area contributed by atoms with E-state index in [1.807, 2.05) is 5.32 Å². The average Bonchev–Trinajstić information content (AvgIpc) is 2.47. The second-order valence-corrected chi connectivity index (χ2v) is 3.85. The van der Waals surface area contributed by atoms with Crippen LogP contribution in [0.25, 0.3) is 0 Å². The van der Waals surface area contributed by atoms with Crippen LogP contribution in [0.1, 0.15) is 0 Å². The Morgan fingerprint density at radius 3 is 2.44 bits per heavy atom. The number of carbonyl (C=O) groups excluding carboxylic acids is 3. The molecule has 2 rings (SSSR count). The smallest absolute Gasteiger partial charge is 0.269 e. The summed E-state index contributed by atoms with van der Waals surface area (Å²) in [5.41, 5.74) is 0.00838. The lowest BCUT2D eigenvalue weighted by atomic mass is 10.3. The van der Waals surface area contributed by atoms with Gasteiger partial charge in [-0.1, -0.05) is 0 Å². The predicted octanol–water partition coefficient (Wildman–Crippen LogP) is 1.17. The van der Waals surface area contributed by atoms with Crippen LogP contribution >= 0.6 is 15.9 Å². The van der Waals surface area contributed by atoms with Gasteiger partial charge in [0.2, 0.25) is 0 Å². The summed E-state index contributed by atoms with van der Waals surface area (Å²) in [6, 6.07) is 2.80. The fourth-order valence-electron chi connectivity index (χ4n) is 1.26. The Hall–Kier alpha value is -1.76. The highest BCUT2D eigenvalue weighted by atomic mass is 79.9. The molecule has 1 fully saturated rings. The van der Waals surface area contributed by atoms with Crippen molar-refractivity contribution >= 4 is 39.5 Å².